The van der Waals surface area contributed by atoms with Crippen LogP contribution in [0.25, 0.3) is 0 Å². The van der Waals surface area contributed by atoms with Crippen molar-refractivity contribution in [1.29, 1.82) is 5.26 Å². The number of nitriles is 1. The van der Waals surface area contributed by atoms with Crippen LogP contribution in [-0.4, -0.2) is 47.2 Å². The maximum absolute atomic E-state index is 10.7. The highest BCUT2D eigenvalue weighted by atomic mass is 16.1. The molecule has 2 heterocycles. The van der Waals surface area contributed by atoms with Gasteiger partial charge in [0.05, 0.1) is 0 Å². The molecule has 1 saturated heterocycles. The second-order valence-corrected chi connectivity index (χ2v) is 4.03. The highest BCUT2D eigenvalue weighted by molar-refractivity contribution is 5.50. The molecule has 0 spiro atoms. The van der Waals surface area contributed by atoms with Crippen LogP contribution in [0.5, 0.6) is 0 Å². The third-order valence-electron chi connectivity index (χ3n) is 2.90. The Bertz CT molecular complexity index is 438. The first-order valence-corrected chi connectivity index (χ1v) is 5.44. The minimum atomic E-state index is 0.165. The number of amides is 1. The SMILES string of the molecule is CC1CN(c2ccc(C#N)nn2)CCN1C=O. The van der Waals surface area contributed by atoms with Gasteiger partial charge in [0.1, 0.15) is 6.07 Å². The molecule has 1 unspecified atom stereocenters. The van der Waals surface area contributed by atoms with E-state index in [4.69, 9.17) is 5.26 Å². The fourth-order valence-electron chi connectivity index (χ4n) is 1.89. The lowest BCUT2D eigenvalue weighted by molar-refractivity contribution is -0.120. The Kier molecular flexibility index (Phi) is 3.19. The maximum Gasteiger partial charge on any atom is 0.210 e. The Morgan fingerprint density at radius 3 is 2.82 bits per heavy atom. The second kappa shape index (κ2) is 4.78. The number of rotatable bonds is 2. The number of nitrogens with zero attached hydrogens (tertiary/aromatic N) is 5. The van der Waals surface area contributed by atoms with Crippen LogP contribution in [0.15, 0.2) is 12.1 Å². The van der Waals surface area contributed by atoms with E-state index in [1.165, 1.54) is 0 Å². The van der Waals surface area contributed by atoms with E-state index in [0.29, 0.717) is 12.2 Å². The van der Waals surface area contributed by atoms with E-state index in [0.717, 1.165) is 25.3 Å². The largest absolute Gasteiger partial charge is 0.351 e. The summed E-state index contributed by atoms with van der Waals surface area (Å²) in [5, 5.41) is 16.4. The van der Waals surface area contributed by atoms with Gasteiger partial charge in [0, 0.05) is 25.7 Å². The van der Waals surface area contributed by atoms with Crippen LogP contribution in [0, 0.1) is 11.3 Å². The highest BCUT2D eigenvalue weighted by Gasteiger charge is 2.23. The van der Waals surface area contributed by atoms with E-state index < -0.39 is 0 Å². The average Bonchev–Trinajstić information content (AvgIpc) is 2.39. The van der Waals surface area contributed by atoms with Crippen LogP contribution in [0.1, 0.15) is 12.6 Å². The molecule has 6 nitrogen and oxygen atoms in total. The first-order valence-electron chi connectivity index (χ1n) is 5.44. The number of hydrogen-bond donors (Lipinski definition) is 0. The molecule has 1 aromatic rings. The van der Waals surface area contributed by atoms with Crippen molar-refractivity contribution in [2.24, 2.45) is 0 Å². The number of hydrogen-bond acceptors (Lipinski definition) is 5. The predicted molar refractivity (Wildman–Crippen MR) is 61.2 cm³/mol. The molecule has 0 bridgehead atoms. The average molecular weight is 231 g/mol. The summed E-state index contributed by atoms with van der Waals surface area (Å²) < 4.78 is 0. The fraction of sp³-hybridized carbons (Fsp3) is 0.455. The molecular formula is C11H13N5O. The molecule has 1 amide bonds. The Labute approximate surface area is 99.5 Å². The Balaban J connectivity index is 2.08. The zero-order chi connectivity index (χ0) is 12.3. The summed E-state index contributed by atoms with van der Waals surface area (Å²) in [6.45, 7) is 4.16. The smallest absolute Gasteiger partial charge is 0.210 e. The lowest BCUT2D eigenvalue weighted by Gasteiger charge is -2.38. The van der Waals surface area contributed by atoms with Gasteiger partial charge in [-0.2, -0.15) is 5.26 Å². The molecule has 6 heteroatoms. The summed E-state index contributed by atoms with van der Waals surface area (Å²) in [5.41, 5.74) is 0.313. The van der Waals surface area contributed by atoms with Crippen molar-refractivity contribution < 1.29 is 4.79 Å². The molecule has 88 valence electrons. The first kappa shape index (κ1) is 11.3. The van der Waals surface area contributed by atoms with Gasteiger partial charge in [-0.1, -0.05) is 0 Å². The number of carbonyl (C=O) groups excluding carboxylic acids is 1. The van der Waals surface area contributed by atoms with Gasteiger partial charge in [-0.3, -0.25) is 4.79 Å². The number of anilines is 1. The zero-order valence-electron chi connectivity index (χ0n) is 9.58. The van der Waals surface area contributed by atoms with Gasteiger partial charge in [-0.25, -0.2) is 0 Å². The van der Waals surface area contributed by atoms with Gasteiger partial charge in [-0.05, 0) is 19.1 Å². The standard InChI is InChI=1S/C11H13N5O/c1-9-7-15(4-5-16(9)8-17)11-3-2-10(6-12)13-14-11/h2-3,8-9H,4-5,7H2,1H3. The van der Waals surface area contributed by atoms with Crippen LogP contribution < -0.4 is 4.90 Å². The van der Waals surface area contributed by atoms with Crippen LogP contribution in [0.2, 0.25) is 0 Å². The van der Waals surface area contributed by atoms with E-state index in [9.17, 15) is 4.79 Å². The molecule has 0 aromatic carbocycles. The summed E-state index contributed by atoms with van der Waals surface area (Å²) in [6.07, 6.45) is 0.881. The van der Waals surface area contributed by atoms with Crippen molar-refractivity contribution >= 4 is 12.2 Å². The Hall–Kier alpha value is -2.16. The predicted octanol–water partition coefficient (Wildman–Crippen LogP) is 0.0152. The molecule has 1 aliphatic heterocycles. The van der Waals surface area contributed by atoms with E-state index in [1.807, 2.05) is 13.0 Å². The maximum atomic E-state index is 10.7. The van der Waals surface area contributed by atoms with Crippen molar-refractivity contribution in [3.63, 3.8) is 0 Å². The lowest BCUT2D eigenvalue weighted by Crippen LogP contribution is -2.51. The molecule has 17 heavy (non-hydrogen) atoms. The van der Waals surface area contributed by atoms with Crippen molar-refractivity contribution in [1.82, 2.24) is 15.1 Å². The van der Waals surface area contributed by atoms with Crippen LogP contribution >= 0.6 is 0 Å². The summed E-state index contributed by atoms with van der Waals surface area (Å²) >= 11 is 0. The Morgan fingerprint density at radius 1 is 1.47 bits per heavy atom. The second-order valence-electron chi connectivity index (χ2n) is 4.03. The number of carbonyl (C=O) groups is 1. The van der Waals surface area contributed by atoms with Gasteiger partial charge in [-0.15, -0.1) is 10.2 Å². The van der Waals surface area contributed by atoms with Crippen LogP contribution in [-0.2, 0) is 4.79 Å². The monoisotopic (exact) mass is 231 g/mol. The normalized spacial score (nSPS) is 19.9. The van der Waals surface area contributed by atoms with Gasteiger partial charge >= 0.3 is 0 Å². The van der Waals surface area contributed by atoms with E-state index in [2.05, 4.69) is 15.1 Å². The quantitative estimate of drug-likeness (QED) is 0.671. The van der Waals surface area contributed by atoms with Gasteiger partial charge < -0.3 is 9.80 Å². The van der Waals surface area contributed by atoms with E-state index in [1.54, 1.807) is 17.0 Å². The molecule has 0 aliphatic carbocycles. The summed E-state index contributed by atoms with van der Waals surface area (Å²) in [5.74, 6) is 0.751. The third kappa shape index (κ3) is 2.33. The first-order chi connectivity index (χ1) is 8.24. The zero-order valence-corrected chi connectivity index (χ0v) is 9.58. The van der Waals surface area contributed by atoms with Crippen molar-refractivity contribution in [3.8, 4) is 6.07 Å². The molecule has 2 rings (SSSR count). The fourth-order valence-corrected chi connectivity index (χ4v) is 1.89. The third-order valence-corrected chi connectivity index (χ3v) is 2.90. The van der Waals surface area contributed by atoms with E-state index in [-0.39, 0.29) is 6.04 Å². The van der Waals surface area contributed by atoms with Gasteiger partial charge in [0.15, 0.2) is 11.5 Å². The highest BCUT2D eigenvalue weighted by Crippen LogP contribution is 2.15. The number of aromatic nitrogens is 2. The molecule has 0 saturated carbocycles. The lowest BCUT2D eigenvalue weighted by atomic mass is 10.2. The molecule has 0 N–H and O–H groups in total. The summed E-state index contributed by atoms with van der Waals surface area (Å²) in [6, 6.07) is 5.54. The van der Waals surface area contributed by atoms with Crippen molar-refractivity contribution in [2.75, 3.05) is 24.5 Å². The van der Waals surface area contributed by atoms with E-state index >= 15 is 0 Å². The Morgan fingerprint density at radius 2 is 2.29 bits per heavy atom. The minimum Gasteiger partial charge on any atom is -0.351 e. The number of piperazine rings is 1. The van der Waals surface area contributed by atoms with Gasteiger partial charge in [0.25, 0.3) is 0 Å². The van der Waals surface area contributed by atoms with Crippen LogP contribution in [0.4, 0.5) is 5.82 Å². The molecule has 1 aliphatic rings. The van der Waals surface area contributed by atoms with Crippen molar-refractivity contribution in [2.45, 2.75) is 13.0 Å². The summed E-state index contributed by atoms with van der Waals surface area (Å²) in [4.78, 5) is 14.6. The van der Waals surface area contributed by atoms with Gasteiger partial charge in [0.2, 0.25) is 6.41 Å². The molecule has 1 aromatic heterocycles. The summed E-state index contributed by atoms with van der Waals surface area (Å²) in [7, 11) is 0. The topological polar surface area (TPSA) is 73.1 Å². The molecule has 0 radical (unpaired) electrons. The molecular weight excluding hydrogens is 218 g/mol. The van der Waals surface area contributed by atoms with Crippen molar-refractivity contribution in [3.05, 3.63) is 17.8 Å². The van der Waals surface area contributed by atoms with Crippen LogP contribution in [0.3, 0.4) is 0 Å². The molecule has 1 fully saturated rings. The minimum absolute atomic E-state index is 0.165. The molecule has 1 atom stereocenters.